The number of rotatable bonds is 6. The van der Waals surface area contributed by atoms with Gasteiger partial charge in [0, 0.05) is 6.54 Å². The Morgan fingerprint density at radius 3 is 2.94 bits per heavy atom. The maximum absolute atomic E-state index is 5.37. The Hall–Kier alpha value is -1.26. The summed E-state index contributed by atoms with van der Waals surface area (Å²) in [5, 5.41) is 3.16. The molecule has 0 amide bonds. The van der Waals surface area contributed by atoms with Gasteiger partial charge in [-0.1, -0.05) is 6.07 Å². The molecule has 0 unspecified atom stereocenters. The summed E-state index contributed by atoms with van der Waals surface area (Å²) in [6.45, 7) is 3.44. The van der Waals surface area contributed by atoms with Gasteiger partial charge in [0.05, 0.1) is 0 Å². The number of fused-ring (bicyclic) bond motifs is 1. The molecule has 4 nitrogen and oxygen atoms in total. The first kappa shape index (κ1) is 12.2. The molecule has 1 aliphatic heterocycles. The van der Waals surface area contributed by atoms with E-state index in [1.54, 1.807) is 0 Å². The van der Waals surface area contributed by atoms with Crippen LogP contribution in [-0.4, -0.2) is 38.9 Å². The van der Waals surface area contributed by atoms with Crippen LogP contribution in [-0.2, 0) is 6.54 Å². The largest absolute Gasteiger partial charge is 0.454 e. The molecule has 0 fully saturated rings. The molecule has 0 atom stereocenters. The Bertz CT molecular complexity index is 368. The lowest BCUT2D eigenvalue weighted by atomic mass is 10.2. The molecule has 4 heteroatoms. The van der Waals surface area contributed by atoms with Crippen LogP contribution in [0.15, 0.2) is 18.2 Å². The number of nitrogens with one attached hydrogen (secondary N) is 1. The zero-order chi connectivity index (χ0) is 12.1. The summed E-state index contributed by atoms with van der Waals surface area (Å²) in [6.07, 6.45) is 1.16. The Morgan fingerprint density at radius 2 is 2.12 bits per heavy atom. The number of hydrogen-bond donors (Lipinski definition) is 1. The molecule has 0 spiro atoms. The maximum atomic E-state index is 5.37. The first-order valence-corrected chi connectivity index (χ1v) is 6.01. The summed E-state index contributed by atoms with van der Waals surface area (Å²) >= 11 is 0. The van der Waals surface area contributed by atoms with Gasteiger partial charge in [-0.15, -0.1) is 0 Å². The van der Waals surface area contributed by atoms with Crippen molar-refractivity contribution in [3.8, 4) is 11.5 Å². The number of nitrogens with zero attached hydrogens (tertiary/aromatic N) is 1. The predicted molar refractivity (Wildman–Crippen MR) is 67.4 cm³/mol. The summed E-state index contributed by atoms with van der Waals surface area (Å²) in [7, 11) is 4.12. The van der Waals surface area contributed by atoms with Crippen molar-refractivity contribution in [3.05, 3.63) is 23.8 Å². The van der Waals surface area contributed by atoms with Gasteiger partial charge in [-0.25, -0.2) is 0 Å². The molecule has 0 aromatic heterocycles. The van der Waals surface area contributed by atoms with Crippen molar-refractivity contribution in [1.29, 1.82) is 0 Å². The van der Waals surface area contributed by atoms with Gasteiger partial charge < -0.3 is 19.7 Å². The monoisotopic (exact) mass is 236 g/mol. The second-order valence-electron chi connectivity index (χ2n) is 4.38. The molecule has 17 heavy (non-hydrogen) atoms. The molecule has 1 aromatic carbocycles. The van der Waals surface area contributed by atoms with E-state index in [1.165, 1.54) is 5.56 Å². The van der Waals surface area contributed by atoms with E-state index in [4.69, 9.17) is 9.47 Å². The van der Waals surface area contributed by atoms with Crippen LogP contribution < -0.4 is 14.8 Å². The molecule has 1 N–H and O–H groups in total. The summed E-state index contributed by atoms with van der Waals surface area (Å²) in [5.74, 6) is 1.72. The zero-order valence-corrected chi connectivity index (χ0v) is 10.5. The minimum absolute atomic E-state index is 0.344. The van der Waals surface area contributed by atoms with E-state index < -0.39 is 0 Å². The average Bonchev–Trinajstić information content (AvgIpc) is 2.76. The summed E-state index contributed by atoms with van der Waals surface area (Å²) in [4.78, 5) is 2.31. The normalized spacial score (nSPS) is 13.4. The second kappa shape index (κ2) is 5.89. The molecule has 0 aliphatic carbocycles. The number of benzene rings is 1. The van der Waals surface area contributed by atoms with E-state index in [9.17, 15) is 0 Å². The van der Waals surface area contributed by atoms with Crippen LogP contribution in [0.25, 0.3) is 0 Å². The van der Waals surface area contributed by atoms with Crippen LogP contribution in [0.4, 0.5) is 0 Å². The van der Waals surface area contributed by atoms with Crippen LogP contribution in [0.5, 0.6) is 11.5 Å². The van der Waals surface area contributed by atoms with Crippen LogP contribution >= 0.6 is 0 Å². The molecule has 0 saturated carbocycles. The fraction of sp³-hybridized carbons (Fsp3) is 0.538. The van der Waals surface area contributed by atoms with Crippen LogP contribution in [0.1, 0.15) is 12.0 Å². The van der Waals surface area contributed by atoms with Crippen molar-refractivity contribution in [2.24, 2.45) is 0 Å². The van der Waals surface area contributed by atoms with Gasteiger partial charge in [0.25, 0.3) is 0 Å². The van der Waals surface area contributed by atoms with E-state index in [0.29, 0.717) is 6.79 Å². The Labute approximate surface area is 103 Å². The smallest absolute Gasteiger partial charge is 0.231 e. The lowest BCUT2D eigenvalue weighted by molar-refractivity contribution is 0.174. The van der Waals surface area contributed by atoms with Crippen molar-refractivity contribution in [2.75, 3.05) is 34.0 Å². The highest BCUT2D eigenvalue weighted by Gasteiger charge is 2.13. The van der Waals surface area contributed by atoms with Crippen LogP contribution in [0.3, 0.4) is 0 Å². The van der Waals surface area contributed by atoms with Gasteiger partial charge >= 0.3 is 0 Å². The number of ether oxygens (including phenoxy) is 2. The lowest BCUT2D eigenvalue weighted by Gasteiger charge is -2.16. The highest BCUT2D eigenvalue weighted by atomic mass is 16.7. The minimum Gasteiger partial charge on any atom is -0.454 e. The van der Waals surface area contributed by atoms with Gasteiger partial charge in [0.15, 0.2) is 11.5 Å². The summed E-state index contributed by atoms with van der Waals surface area (Å²) < 4.78 is 10.7. The second-order valence-corrected chi connectivity index (χ2v) is 4.38. The van der Waals surface area contributed by atoms with E-state index in [2.05, 4.69) is 29.4 Å². The van der Waals surface area contributed by atoms with Crippen molar-refractivity contribution >= 4 is 0 Å². The molecule has 2 rings (SSSR count). The maximum Gasteiger partial charge on any atom is 0.231 e. The van der Waals surface area contributed by atoms with Crippen molar-refractivity contribution < 1.29 is 9.47 Å². The van der Waals surface area contributed by atoms with Gasteiger partial charge in [-0.2, -0.15) is 0 Å². The molecule has 1 heterocycles. The Balaban J connectivity index is 1.86. The van der Waals surface area contributed by atoms with Crippen LogP contribution in [0, 0.1) is 0 Å². The quantitative estimate of drug-likeness (QED) is 0.758. The van der Waals surface area contributed by atoms with Gasteiger partial charge in [-0.3, -0.25) is 0 Å². The molecule has 94 valence electrons. The molecule has 0 saturated heterocycles. The third-order valence-corrected chi connectivity index (χ3v) is 2.86. The molecular weight excluding hydrogens is 216 g/mol. The highest BCUT2D eigenvalue weighted by Crippen LogP contribution is 2.32. The van der Waals surface area contributed by atoms with Gasteiger partial charge in [0.1, 0.15) is 0 Å². The molecular formula is C13H20N2O2. The van der Waals surface area contributed by atoms with Crippen molar-refractivity contribution in [3.63, 3.8) is 0 Å². The Morgan fingerprint density at radius 1 is 1.29 bits per heavy atom. The van der Waals surface area contributed by atoms with E-state index in [1.807, 2.05) is 13.1 Å². The average molecular weight is 236 g/mol. The zero-order valence-electron chi connectivity index (χ0n) is 10.5. The SMILES string of the molecule is CNCCCN(C)Cc1ccc2c(c1)OCO2. The fourth-order valence-corrected chi connectivity index (χ4v) is 1.96. The molecule has 0 bridgehead atoms. The minimum atomic E-state index is 0.344. The van der Waals surface area contributed by atoms with E-state index in [-0.39, 0.29) is 0 Å². The molecule has 1 aliphatic rings. The topological polar surface area (TPSA) is 33.7 Å². The third kappa shape index (κ3) is 3.35. The van der Waals surface area contributed by atoms with Gasteiger partial charge in [-0.05, 0) is 51.3 Å². The van der Waals surface area contributed by atoms with E-state index in [0.717, 1.165) is 37.6 Å². The molecule has 1 aromatic rings. The lowest BCUT2D eigenvalue weighted by Crippen LogP contribution is -2.22. The van der Waals surface area contributed by atoms with Crippen molar-refractivity contribution in [2.45, 2.75) is 13.0 Å². The summed E-state index contributed by atoms with van der Waals surface area (Å²) in [5.41, 5.74) is 1.27. The first-order chi connectivity index (χ1) is 8.29. The van der Waals surface area contributed by atoms with Crippen molar-refractivity contribution in [1.82, 2.24) is 10.2 Å². The Kier molecular flexibility index (Phi) is 4.23. The number of hydrogen-bond acceptors (Lipinski definition) is 4. The first-order valence-electron chi connectivity index (χ1n) is 6.01. The predicted octanol–water partition coefficient (Wildman–Crippen LogP) is 1.46. The fourth-order valence-electron chi connectivity index (χ4n) is 1.96. The van der Waals surface area contributed by atoms with E-state index >= 15 is 0 Å². The highest BCUT2D eigenvalue weighted by molar-refractivity contribution is 5.44. The van der Waals surface area contributed by atoms with Crippen LogP contribution in [0.2, 0.25) is 0 Å². The standard InChI is InChI=1S/C13H20N2O2/c1-14-6-3-7-15(2)9-11-4-5-12-13(8-11)17-10-16-12/h4-5,8,14H,3,6-7,9-10H2,1-2H3. The molecule has 0 radical (unpaired) electrons. The third-order valence-electron chi connectivity index (χ3n) is 2.86. The van der Waals surface area contributed by atoms with Gasteiger partial charge in [0.2, 0.25) is 6.79 Å². The summed E-state index contributed by atoms with van der Waals surface area (Å²) in [6, 6.07) is 6.15.